The summed E-state index contributed by atoms with van der Waals surface area (Å²) in [6.07, 6.45) is -0.341. The fraction of sp³-hybridized carbons (Fsp3) is 0.722. The third-order valence-corrected chi connectivity index (χ3v) is 6.60. The molecule has 0 amide bonds. The first-order chi connectivity index (χ1) is 15.6. The van der Waals surface area contributed by atoms with Gasteiger partial charge in [-0.05, 0) is 24.4 Å². The van der Waals surface area contributed by atoms with Crippen LogP contribution in [0.2, 0.25) is 5.28 Å². The summed E-state index contributed by atoms with van der Waals surface area (Å²) in [5.74, 6) is 0.428. The van der Waals surface area contributed by atoms with Crippen LogP contribution in [-0.2, 0) is 18.8 Å². The van der Waals surface area contributed by atoms with Gasteiger partial charge in [0.2, 0.25) is 5.28 Å². The summed E-state index contributed by atoms with van der Waals surface area (Å²) < 4.78 is 28.5. The summed E-state index contributed by atoms with van der Waals surface area (Å²) in [7, 11) is -2.73. The molecule has 1 unspecified atom stereocenters. The average Bonchev–Trinajstić information content (AvgIpc) is 3.42. The number of halogens is 1. The minimum Gasteiger partial charge on any atom is -0.387 e. The summed E-state index contributed by atoms with van der Waals surface area (Å²) in [4.78, 5) is 30.8. The van der Waals surface area contributed by atoms with E-state index in [1.54, 1.807) is 7.11 Å². The Hall–Kier alpha value is -1.41. The highest BCUT2D eigenvalue weighted by atomic mass is 35.5. The molecule has 0 aromatic carbocycles. The molecular formula is C18H27ClN5O8P. The molecule has 2 aliphatic rings. The van der Waals surface area contributed by atoms with Crippen LogP contribution < -0.4 is 5.32 Å². The minimum absolute atomic E-state index is 0.0353. The van der Waals surface area contributed by atoms with Gasteiger partial charge in [-0.1, -0.05) is 12.8 Å². The van der Waals surface area contributed by atoms with Crippen molar-refractivity contribution >= 4 is 36.2 Å². The fourth-order valence-corrected chi connectivity index (χ4v) is 4.94. The number of aromatic nitrogens is 4. The molecule has 1 aliphatic carbocycles. The summed E-state index contributed by atoms with van der Waals surface area (Å²) in [5, 5.41) is 24.3. The van der Waals surface area contributed by atoms with Gasteiger partial charge in [-0.15, -0.1) is 0 Å². The van der Waals surface area contributed by atoms with Crippen molar-refractivity contribution in [3.8, 4) is 0 Å². The molecule has 4 rings (SSSR count). The van der Waals surface area contributed by atoms with Gasteiger partial charge in [0.1, 0.15) is 24.7 Å². The molecule has 1 saturated carbocycles. The number of rotatable bonds is 9. The Balaban J connectivity index is 1.58. The predicted molar refractivity (Wildman–Crippen MR) is 116 cm³/mol. The largest absolute Gasteiger partial charge is 0.387 e. The molecule has 33 heavy (non-hydrogen) atoms. The van der Waals surface area contributed by atoms with Crippen molar-refractivity contribution in [2.75, 3.05) is 32.0 Å². The number of hydrogen-bond acceptors (Lipinski definition) is 10. The molecule has 0 bridgehead atoms. The quantitative estimate of drug-likeness (QED) is 0.236. The van der Waals surface area contributed by atoms with E-state index >= 15 is 0 Å². The van der Waals surface area contributed by atoms with Crippen molar-refractivity contribution in [2.24, 2.45) is 0 Å². The number of anilines is 1. The SMILES string of the molecule is COCC1(Nc2nc(Cl)nc3c2ncn3C2O[C@H](COCP(=O)(O)O)[C@@H](O)[C@H]2O)CCCC1. The molecule has 5 N–H and O–H groups in total. The van der Waals surface area contributed by atoms with Gasteiger partial charge in [0.25, 0.3) is 0 Å². The Morgan fingerprint density at radius 1 is 1.30 bits per heavy atom. The van der Waals surface area contributed by atoms with Gasteiger partial charge in [0.05, 0.1) is 25.1 Å². The Labute approximate surface area is 194 Å². The number of nitrogens with zero attached hydrogens (tertiary/aromatic N) is 4. The molecule has 2 aromatic heterocycles. The Morgan fingerprint density at radius 3 is 2.70 bits per heavy atom. The number of methoxy groups -OCH3 is 1. The van der Waals surface area contributed by atoms with Crippen LogP contribution in [0.3, 0.4) is 0 Å². The van der Waals surface area contributed by atoms with Gasteiger partial charge in [-0.25, -0.2) is 4.98 Å². The van der Waals surface area contributed by atoms with E-state index in [2.05, 4.69) is 20.3 Å². The molecule has 1 aliphatic heterocycles. The Morgan fingerprint density at radius 2 is 2.03 bits per heavy atom. The third kappa shape index (κ3) is 5.31. The van der Waals surface area contributed by atoms with Crippen LogP contribution in [0.15, 0.2) is 6.33 Å². The Bertz CT molecular complexity index is 1030. The van der Waals surface area contributed by atoms with E-state index in [0.717, 1.165) is 25.7 Å². The van der Waals surface area contributed by atoms with Gasteiger partial charge >= 0.3 is 7.60 Å². The van der Waals surface area contributed by atoms with Crippen molar-refractivity contribution in [1.29, 1.82) is 0 Å². The summed E-state index contributed by atoms with van der Waals surface area (Å²) in [6, 6.07) is 0. The number of nitrogens with one attached hydrogen (secondary N) is 1. The fourth-order valence-electron chi connectivity index (χ4n) is 4.43. The Kier molecular flexibility index (Phi) is 7.25. The second-order valence-corrected chi connectivity index (χ2v) is 10.3. The number of imidazole rings is 1. The number of fused-ring (bicyclic) bond motifs is 1. The lowest BCUT2D eigenvalue weighted by atomic mass is 9.99. The van der Waals surface area contributed by atoms with E-state index in [1.807, 2.05) is 0 Å². The highest BCUT2D eigenvalue weighted by molar-refractivity contribution is 7.51. The third-order valence-electron chi connectivity index (χ3n) is 5.91. The highest BCUT2D eigenvalue weighted by Crippen LogP contribution is 2.38. The van der Waals surface area contributed by atoms with Crippen LogP contribution in [0.4, 0.5) is 5.82 Å². The zero-order chi connectivity index (χ0) is 23.8. The van der Waals surface area contributed by atoms with E-state index in [9.17, 15) is 14.8 Å². The van der Waals surface area contributed by atoms with Gasteiger partial charge in [-0.2, -0.15) is 9.97 Å². The number of hydrogen-bond donors (Lipinski definition) is 5. The first-order valence-corrected chi connectivity index (χ1v) is 12.6. The lowest BCUT2D eigenvalue weighted by Gasteiger charge is -2.30. The molecule has 13 nitrogen and oxygen atoms in total. The maximum Gasteiger partial charge on any atom is 0.350 e. The van der Waals surface area contributed by atoms with Crippen LogP contribution >= 0.6 is 19.2 Å². The van der Waals surface area contributed by atoms with Crippen molar-refractivity contribution in [1.82, 2.24) is 19.5 Å². The van der Waals surface area contributed by atoms with Gasteiger partial charge in [0.15, 0.2) is 23.2 Å². The van der Waals surface area contributed by atoms with E-state index in [1.165, 1.54) is 10.9 Å². The highest BCUT2D eigenvalue weighted by Gasteiger charge is 2.45. The van der Waals surface area contributed by atoms with Crippen LogP contribution in [0, 0.1) is 0 Å². The second-order valence-electron chi connectivity index (χ2n) is 8.42. The molecular weight excluding hydrogens is 481 g/mol. The maximum absolute atomic E-state index is 11.0. The standard InChI is InChI=1S/C18H27ClN5O8P/c1-30-7-18(4-2-3-5-18)23-14-11-15(22-17(19)21-14)24(8-20-11)16-13(26)12(25)10(32-16)6-31-9-33(27,28)29/h8,10,12-13,16,25-26H,2-7,9H2,1H3,(H,21,22,23)(H2,27,28,29)/t10-,12-,13-,16?/m1/s1. The van der Waals surface area contributed by atoms with Gasteiger partial charge in [-0.3, -0.25) is 9.13 Å². The van der Waals surface area contributed by atoms with E-state index < -0.39 is 38.5 Å². The zero-order valence-electron chi connectivity index (χ0n) is 17.9. The summed E-state index contributed by atoms with van der Waals surface area (Å²) >= 11 is 6.19. The molecule has 0 radical (unpaired) electrons. The molecule has 0 spiro atoms. The van der Waals surface area contributed by atoms with Crippen molar-refractivity contribution in [3.05, 3.63) is 11.6 Å². The molecule has 2 fully saturated rings. The van der Waals surface area contributed by atoms with Crippen molar-refractivity contribution in [2.45, 2.75) is 55.8 Å². The monoisotopic (exact) mass is 507 g/mol. The van der Waals surface area contributed by atoms with E-state index in [-0.39, 0.29) is 23.1 Å². The van der Waals surface area contributed by atoms with Crippen LogP contribution in [-0.4, -0.2) is 90.0 Å². The van der Waals surface area contributed by atoms with E-state index in [0.29, 0.717) is 17.9 Å². The summed E-state index contributed by atoms with van der Waals surface area (Å²) in [6.45, 7) is 0.165. The number of aliphatic hydroxyl groups excluding tert-OH is 2. The van der Waals surface area contributed by atoms with Gasteiger partial charge in [0, 0.05) is 7.11 Å². The van der Waals surface area contributed by atoms with Crippen molar-refractivity contribution in [3.63, 3.8) is 0 Å². The first kappa shape index (κ1) is 24.7. The van der Waals surface area contributed by atoms with Crippen LogP contribution in [0.5, 0.6) is 0 Å². The normalized spacial score (nSPS) is 27.5. The molecule has 184 valence electrons. The van der Waals surface area contributed by atoms with Gasteiger partial charge < -0.3 is 39.5 Å². The first-order valence-electron chi connectivity index (χ1n) is 10.4. The zero-order valence-corrected chi connectivity index (χ0v) is 19.5. The smallest absolute Gasteiger partial charge is 0.350 e. The molecule has 15 heteroatoms. The predicted octanol–water partition coefficient (Wildman–Crippen LogP) is 0.622. The number of ether oxygens (including phenoxy) is 3. The second kappa shape index (κ2) is 9.68. The van der Waals surface area contributed by atoms with Crippen LogP contribution in [0.1, 0.15) is 31.9 Å². The molecule has 2 aromatic rings. The molecule has 3 heterocycles. The van der Waals surface area contributed by atoms with Crippen LogP contribution in [0.25, 0.3) is 11.2 Å². The summed E-state index contributed by atoms with van der Waals surface area (Å²) in [5.41, 5.74) is 0.397. The molecule has 4 atom stereocenters. The lowest BCUT2D eigenvalue weighted by Crippen LogP contribution is -2.40. The lowest BCUT2D eigenvalue weighted by molar-refractivity contribution is -0.0612. The number of aliphatic hydroxyl groups is 2. The minimum atomic E-state index is -4.37. The van der Waals surface area contributed by atoms with Crippen molar-refractivity contribution < 1.29 is 38.8 Å². The topological polar surface area (TPSA) is 181 Å². The molecule has 1 saturated heterocycles. The maximum atomic E-state index is 11.0. The average molecular weight is 508 g/mol. The van der Waals surface area contributed by atoms with E-state index in [4.69, 9.17) is 35.6 Å².